The summed E-state index contributed by atoms with van der Waals surface area (Å²) in [5, 5.41) is 9.25. The third-order valence-corrected chi connectivity index (χ3v) is 11.9. The van der Waals surface area contributed by atoms with Crippen LogP contribution in [-0.2, 0) is 22.6 Å². The fourth-order valence-electron chi connectivity index (χ4n) is 8.60. The van der Waals surface area contributed by atoms with Gasteiger partial charge in [-0.05, 0) is 86.2 Å². The van der Waals surface area contributed by atoms with Crippen LogP contribution in [0.4, 0.5) is 34.4 Å². The normalized spacial score (nSPS) is 20.4. The number of nitrogens with one attached hydrogen (secondary N) is 3. The minimum atomic E-state index is -0.615. The lowest BCUT2D eigenvalue weighted by Crippen LogP contribution is -2.49. The maximum Gasteiger partial charge on any atom is 0.267 e. The van der Waals surface area contributed by atoms with E-state index in [1.165, 1.54) is 29.8 Å². The molecule has 14 heteroatoms. The van der Waals surface area contributed by atoms with Crippen molar-refractivity contribution in [1.82, 2.24) is 25.2 Å². The van der Waals surface area contributed by atoms with E-state index in [-0.39, 0.29) is 11.8 Å². The van der Waals surface area contributed by atoms with Crippen LogP contribution in [0.5, 0.6) is 11.6 Å². The molecule has 56 heavy (non-hydrogen) atoms. The van der Waals surface area contributed by atoms with Crippen LogP contribution in [-0.4, -0.2) is 103 Å². The highest BCUT2D eigenvalue weighted by Crippen LogP contribution is 2.36. The molecule has 0 radical (unpaired) electrons. The first kappa shape index (κ1) is 36.0. The van der Waals surface area contributed by atoms with E-state index in [1.54, 1.807) is 0 Å². The molecule has 0 aliphatic carbocycles. The number of fused-ring (bicyclic) bond motifs is 2. The number of anilines is 6. The number of benzene rings is 2. The Morgan fingerprint density at radius 2 is 1.59 bits per heavy atom. The summed E-state index contributed by atoms with van der Waals surface area (Å²) in [4.78, 5) is 47.6. The summed E-state index contributed by atoms with van der Waals surface area (Å²) in [5.41, 5.74) is 8.90. The zero-order valence-corrected chi connectivity index (χ0v) is 32.0. The van der Waals surface area contributed by atoms with E-state index in [2.05, 4.69) is 88.8 Å². The predicted molar refractivity (Wildman–Crippen MR) is 216 cm³/mol. The molecule has 5 aliphatic heterocycles. The standard InChI is InChI=1S/C42H50N10O4/c1-28-36(25-44-41-39(28)43-15-23-55-41)52-18-14-30-24-45-42(47-35(30)27-52)46-31-2-4-32(5-3-31)50-16-12-29(13-17-50)26-49-19-21-51(22-20-49)33-6-8-34(9-7-33)56-37-10-11-38(53)48-40(37)54/h2-9,24-25,29,37,43H,10-23,26-27H2,1H3,(H,45,46,47)(H,48,53,54). The molecule has 5 aliphatic rings. The summed E-state index contributed by atoms with van der Waals surface area (Å²) in [6.07, 6.45) is 7.28. The lowest BCUT2D eigenvalue weighted by atomic mass is 9.95. The summed E-state index contributed by atoms with van der Waals surface area (Å²) in [6.45, 7) is 12.5. The van der Waals surface area contributed by atoms with Crippen LogP contribution in [0.3, 0.4) is 0 Å². The van der Waals surface area contributed by atoms with Crippen molar-refractivity contribution in [2.24, 2.45) is 5.92 Å². The van der Waals surface area contributed by atoms with E-state index in [9.17, 15) is 9.59 Å². The molecule has 2 amide bonds. The van der Waals surface area contributed by atoms with Gasteiger partial charge in [-0.3, -0.25) is 19.8 Å². The van der Waals surface area contributed by atoms with E-state index in [0.29, 0.717) is 49.5 Å². The molecule has 14 nitrogen and oxygen atoms in total. The number of hydrogen-bond acceptors (Lipinski definition) is 13. The number of amides is 2. The van der Waals surface area contributed by atoms with Crippen LogP contribution < -0.4 is 40.1 Å². The van der Waals surface area contributed by atoms with Gasteiger partial charge in [-0.1, -0.05) is 0 Å². The van der Waals surface area contributed by atoms with Gasteiger partial charge in [0, 0.05) is 101 Å². The first-order valence-corrected chi connectivity index (χ1v) is 20.1. The van der Waals surface area contributed by atoms with Crippen molar-refractivity contribution in [2.75, 3.05) is 90.8 Å². The Bertz CT molecular complexity index is 2050. The Morgan fingerprint density at radius 1 is 0.839 bits per heavy atom. The number of aromatic nitrogens is 3. The molecule has 0 bridgehead atoms. The number of hydrogen-bond donors (Lipinski definition) is 3. The number of ether oxygens (including phenoxy) is 2. The molecule has 3 fully saturated rings. The summed E-state index contributed by atoms with van der Waals surface area (Å²) >= 11 is 0. The maximum atomic E-state index is 12.1. The largest absolute Gasteiger partial charge is 0.481 e. The van der Waals surface area contributed by atoms with Crippen molar-refractivity contribution in [3.05, 3.63) is 77.7 Å². The first-order chi connectivity index (χ1) is 27.4. The van der Waals surface area contributed by atoms with Crippen molar-refractivity contribution >= 4 is 46.2 Å². The zero-order valence-electron chi connectivity index (χ0n) is 32.0. The second-order valence-corrected chi connectivity index (χ2v) is 15.5. The van der Waals surface area contributed by atoms with Gasteiger partial charge in [-0.2, -0.15) is 0 Å². The van der Waals surface area contributed by atoms with Gasteiger partial charge in [-0.25, -0.2) is 15.0 Å². The fourth-order valence-corrected chi connectivity index (χ4v) is 8.60. The van der Waals surface area contributed by atoms with Crippen LogP contribution in [0, 0.1) is 12.8 Å². The minimum absolute atomic E-state index is 0.235. The summed E-state index contributed by atoms with van der Waals surface area (Å²) in [7, 11) is 0. The molecule has 1 atom stereocenters. The Morgan fingerprint density at radius 3 is 2.36 bits per heavy atom. The van der Waals surface area contributed by atoms with E-state index in [1.807, 2.05) is 24.5 Å². The van der Waals surface area contributed by atoms with Gasteiger partial charge in [0.05, 0.1) is 24.1 Å². The van der Waals surface area contributed by atoms with Crippen molar-refractivity contribution in [2.45, 2.75) is 51.7 Å². The molecule has 7 heterocycles. The maximum absolute atomic E-state index is 12.1. The number of piperidine rings is 2. The third-order valence-electron chi connectivity index (χ3n) is 11.9. The van der Waals surface area contributed by atoms with E-state index < -0.39 is 6.10 Å². The zero-order chi connectivity index (χ0) is 38.0. The number of carbonyl (C=O) groups is 2. The van der Waals surface area contributed by atoms with Crippen molar-refractivity contribution in [1.29, 1.82) is 0 Å². The monoisotopic (exact) mass is 758 g/mol. The number of imide groups is 1. The van der Waals surface area contributed by atoms with Gasteiger partial charge in [0.15, 0.2) is 6.10 Å². The van der Waals surface area contributed by atoms with Gasteiger partial charge in [-0.15, -0.1) is 0 Å². The number of pyridine rings is 1. The third kappa shape index (κ3) is 7.88. The first-order valence-electron chi connectivity index (χ1n) is 20.1. The van der Waals surface area contributed by atoms with Crippen molar-refractivity contribution in [3.8, 4) is 11.6 Å². The number of nitrogens with zero attached hydrogens (tertiary/aromatic N) is 7. The van der Waals surface area contributed by atoms with Gasteiger partial charge in [0.1, 0.15) is 18.0 Å². The van der Waals surface area contributed by atoms with Gasteiger partial charge < -0.3 is 34.8 Å². The lowest BCUT2D eigenvalue weighted by Gasteiger charge is -2.40. The summed E-state index contributed by atoms with van der Waals surface area (Å²) in [5.74, 6) is 2.07. The van der Waals surface area contributed by atoms with Crippen LogP contribution in [0.25, 0.3) is 0 Å². The van der Waals surface area contributed by atoms with Crippen LogP contribution in [0.1, 0.15) is 42.5 Å². The van der Waals surface area contributed by atoms with Crippen LogP contribution >= 0.6 is 0 Å². The molecule has 2 aromatic carbocycles. The average molecular weight is 759 g/mol. The van der Waals surface area contributed by atoms with Crippen LogP contribution in [0.15, 0.2) is 60.9 Å². The number of carbonyl (C=O) groups excluding carboxylic acids is 2. The van der Waals surface area contributed by atoms with E-state index in [4.69, 9.17) is 14.5 Å². The highest BCUT2D eigenvalue weighted by Gasteiger charge is 2.29. The SMILES string of the molecule is Cc1c(N2CCc3cnc(Nc4ccc(N5CCC(CN6CCN(c7ccc(OC8CCC(=O)NC8=O)cc7)CC6)CC5)cc4)nc3C2)cnc2c1NCCO2. The van der Waals surface area contributed by atoms with Crippen molar-refractivity contribution < 1.29 is 19.1 Å². The molecule has 3 saturated heterocycles. The quantitative estimate of drug-likeness (QED) is 0.207. The second-order valence-electron chi connectivity index (χ2n) is 15.5. The molecule has 1 unspecified atom stereocenters. The summed E-state index contributed by atoms with van der Waals surface area (Å²) in [6, 6.07) is 16.6. The molecule has 2 aromatic heterocycles. The van der Waals surface area contributed by atoms with E-state index in [0.717, 1.165) is 93.6 Å². The van der Waals surface area contributed by atoms with E-state index >= 15 is 0 Å². The van der Waals surface area contributed by atoms with Gasteiger partial charge >= 0.3 is 0 Å². The number of rotatable bonds is 9. The van der Waals surface area contributed by atoms with Gasteiger partial charge in [0.2, 0.25) is 17.7 Å². The second kappa shape index (κ2) is 15.8. The fraction of sp³-hybridized carbons (Fsp3) is 0.452. The molecular weight excluding hydrogens is 709 g/mol. The summed E-state index contributed by atoms with van der Waals surface area (Å²) < 4.78 is 11.6. The Hall–Kier alpha value is -5.63. The Kier molecular flexibility index (Phi) is 10.2. The average Bonchev–Trinajstić information content (AvgIpc) is 3.23. The predicted octanol–water partition coefficient (Wildman–Crippen LogP) is 4.51. The lowest BCUT2D eigenvalue weighted by molar-refractivity contribution is -0.138. The smallest absolute Gasteiger partial charge is 0.267 e. The minimum Gasteiger partial charge on any atom is -0.481 e. The Balaban J connectivity index is 0.721. The molecular formula is C42H50N10O4. The molecule has 292 valence electrons. The van der Waals surface area contributed by atoms with Crippen molar-refractivity contribution in [3.63, 3.8) is 0 Å². The topological polar surface area (TPSA) is 140 Å². The highest BCUT2D eigenvalue weighted by atomic mass is 16.5. The number of piperazine rings is 1. The van der Waals surface area contributed by atoms with Crippen LogP contribution in [0.2, 0.25) is 0 Å². The Labute approximate surface area is 327 Å². The molecule has 9 rings (SSSR count). The molecule has 4 aromatic rings. The molecule has 0 saturated carbocycles. The molecule has 0 spiro atoms. The molecule has 3 N–H and O–H groups in total. The van der Waals surface area contributed by atoms with Gasteiger partial charge in [0.25, 0.3) is 5.91 Å². The highest BCUT2D eigenvalue weighted by molar-refractivity contribution is 5.99.